The number of pyridine rings is 1. The fraction of sp³-hybridized carbons (Fsp3) is 0.393. The van der Waals surface area contributed by atoms with E-state index in [4.69, 9.17) is 10.2 Å². The summed E-state index contributed by atoms with van der Waals surface area (Å²) in [7, 11) is 0. The molecule has 0 amide bonds. The van der Waals surface area contributed by atoms with Crippen molar-refractivity contribution >= 4 is 16.9 Å². The smallest absolute Gasteiger partial charge is 0.222 e. The van der Waals surface area contributed by atoms with E-state index in [9.17, 15) is 0 Å². The average molecular weight is 483 g/mol. The van der Waals surface area contributed by atoms with E-state index in [1.807, 2.05) is 12.4 Å². The highest BCUT2D eigenvalue weighted by Crippen LogP contribution is 2.28. The van der Waals surface area contributed by atoms with Crippen LogP contribution >= 0.6 is 0 Å². The summed E-state index contributed by atoms with van der Waals surface area (Å²) in [4.78, 5) is 23.7. The number of H-pyrrole nitrogens is 1. The van der Waals surface area contributed by atoms with Crippen LogP contribution in [0.1, 0.15) is 42.5 Å². The third-order valence-electron chi connectivity index (χ3n) is 6.63. The van der Waals surface area contributed by atoms with Gasteiger partial charge in [-0.15, -0.1) is 0 Å². The maximum atomic E-state index is 9.06. The summed E-state index contributed by atoms with van der Waals surface area (Å²) in [6.07, 6.45) is 10.2. The summed E-state index contributed by atoms with van der Waals surface area (Å²) in [5, 5.41) is 13.5. The molecule has 2 N–H and O–H groups in total. The first kappa shape index (κ1) is 25.3. The number of benzene rings is 1. The van der Waals surface area contributed by atoms with Crippen LogP contribution in [-0.4, -0.2) is 56.0 Å². The second-order valence-corrected chi connectivity index (χ2v) is 8.95. The number of aromatic amines is 1. The van der Waals surface area contributed by atoms with E-state index < -0.39 is 0 Å². The van der Waals surface area contributed by atoms with E-state index in [1.54, 1.807) is 12.5 Å². The molecule has 1 aromatic carbocycles. The molecular formula is C28H34N8. The first-order chi connectivity index (χ1) is 17.6. The summed E-state index contributed by atoms with van der Waals surface area (Å²) >= 11 is 0. The van der Waals surface area contributed by atoms with Gasteiger partial charge < -0.3 is 15.2 Å². The lowest BCUT2D eigenvalue weighted by Gasteiger charge is -2.17. The number of aryl methyl sites for hydroxylation is 4. The summed E-state index contributed by atoms with van der Waals surface area (Å²) in [6, 6.07) is 8.74. The zero-order valence-electron chi connectivity index (χ0n) is 21.4. The molecule has 186 valence electrons. The van der Waals surface area contributed by atoms with Gasteiger partial charge in [0.05, 0.1) is 35.5 Å². The van der Waals surface area contributed by atoms with Crippen molar-refractivity contribution in [2.24, 2.45) is 0 Å². The molecule has 0 aliphatic rings. The number of anilines is 1. The van der Waals surface area contributed by atoms with Crippen LogP contribution in [0.4, 0.5) is 5.95 Å². The summed E-state index contributed by atoms with van der Waals surface area (Å²) < 4.78 is 0. The second-order valence-electron chi connectivity index (χ2n) is 8.95. The Balaban J connectivity index is 1.53. The highest BCUT2D eigenvalue weighted by Gasteiger charge is 2.12. The zero-order chi connectivity index (χ0) is 25.3. The predicted octanol–water partition coefficient (Wildman–Crippen LogP) is 4.72. The lowest BCUT2D eigenvalue weighted by atomic mass is 9.95. The molecule has 4 rings (SSSR count). The molecule has 0 saturated carbocycles. The van der Waals surface area contributed by atoms with Gasteiger partial charge in [0.25, 0.3) is 0 Å². The molecule has 8 heteroatoms. The first-order valence-corrected chi connectivity index (χ1v) is 12.7. The van der Waals surface area contributed by atoms with Crippen molar-refractivity contribution in [2.75, 3.05) is 31.5 Å². The molecule has 0 unspecified atom stereocenters. The van der Waals surface area contributed by atoms with Crippen LogP contribution in [0.3, 0.4) is 0 Å². The van der Waals surface area contributed by atoms with E-state index in [0.717, 1.165) is 78.9 Å². The largest absolute Gasteiger partial charge is 0.353 e. The van der Waals surface area contributed by atoms with E-state index in [2.05, 4.69) is 75.2 Å². The Morgan fingerprint density at radius 1 is 1.00 bits per heavy atom. The number of likely N-dealkylation sites (N-methyl/N-ethyl adjacent to an activating group) is 1. The quantitative estimate of drug-likeness (QED) is 0.301. The van der Waals surface area contributed by atoms with Crippen LogP contribution in [0.2, 0.25) is 0 Å². The van der Waals surface area contributed by atoms with Crippen molar-refractivity contribution in [3.8, 4) is 17.5 Å². The predicted molar refractivity (Wildman–Crippen MR) is 144 cm³/mol. The standard InChI is InChI=1S/C28H34N8/c1-4-36(5-2)12-11-31-28-32-16-21(17-33-28)8-9-23-15-26(27-18-30-19-34-27)35-25-13-20(3)22(7-6-10-29)14-24(23)25/h13-19H,4-9,11-12H2,1-3H3,(H,30,34)(H,31,32,33). The van der Waals surface area contributed by atoms with Gasteiger partial charge >= 0.3 is 0 Å². The van der Waals surface area contributed by atoms with Crippen LogP contribution < -0.4 is 5.32 Å². The highest BCUT2D eigenvalue weighted by molar-refractivity contribution is 5.86. The highest BCUT2D eigenvalue weighted by atomic mass is 15.2. The van der Waals surface area contributed by atoms with E-state index in [-0.39, 0.29) is 0 Å². The van der Waals surface area contributed by atoms with E-state index in [0.29, 0.717) is 12.4 Å². The molecule has 3 aromatic heterocycles. The fourth-order valence-corrected chi connectivity index (χ4v) is 4.41. The van der Waals surface area contributed by atoms with Crippen LogP contribution in [0.15, 0.2) is 43.1 Å². The van der Waals surface area contributed by atoms with Crippen molar-refractivity contribution < 1.29 is 0 Å². The molecule has 0 radical (unpaired) electrons. The number of nitrogens with zero attached hydrogens (tertiary/aromatic N) is 6. The summed E-state index contributed by atoms with van der Waals surface area (Å²) in [5.41, 5.74) is 7.40. The molecule has 0 aliphatic carbocycles. The van der Waals surface area contributed by atoms with Gasteiger partial charge in [-0.1, -0.05) is 13.8 Å². The molecule has 0 bridgehead atoms. The lowest BCUT2D eigenvalue weighted by Crippen LogP contribution is -2.28. The maximum Gasteiger partial charge on any atom is 0.222 e. The van der Waals surface area contributed by atoms with Crippen molar-refractivity contribution in [2.45, 2.75) is 46.5 Å². The molecule has 0 spiro atoms. The monoisotopic (exact) mass is 482 g/mol. The van der Waals surface area contributed by atoms with Crippen molar-refractivity contribution in [1.82, 2.24) is 29.8 Å². The van der Waals surface area contributed by atoms with Gasteiger partial charge in [0.15, 0.2) is 0 Å². The van der Waals surface area contributed by atoms with Gasteiger partial charge in [-0.3, -0.25) is 0 Å². The minimum absolute atomic E-state index is 0.508. The molecular weight excluding hydrogens is 448 g/mol. The first-order valence-electron chi connectivity index (χ1n) is 12.7. The summed E-state index contributed by atoms with van der Waals surface area (Å²) in [5.74, 6) is 0.666. The van der Waals surface area contributed by atoms with Gasteiger partial charge in [-0.2, -0.15) is 5.26 Å². The minimum atomic E-state index is 0.508. The van der Waals surface area contributed by atoms with Crippen LogP contribution in [0.5, 0.6) is 0 Å². The SMILES string of the molecule is CCN(CC)CCNc1ncc(CCc2cc(-c3cnc[nH]3)nc3cc(C)c(CCC#N)cc23)cn1. The number of hydrogen-bond donors (Lipinski definition) is 2. The molecule has 36 heavy (non-hydrogen) atoms. The number of nitriles is 1. The lowest BCUT2D eigenvalue weighted by molar-refractivity contribution is 0.316. The van der Waals surface area contributed by atoms with Gasteiger partial charge in [-0.25, -0.2) is 19.9 Å². The molecule has 4 aromatic rings. The fourth-order valence-electron chi connectivity index (χ4n) is 4.41. The molecule has 0 atom stereocenters. The number of hydrogen-bond acceptors (Lipinski definition) is 7. The minimum Gasteiger partial charge on any atom is -0.353 e. The summed E-state index contributed by atoms with van der Waals surface area (Å²) in [6.45, 7) is 10.3. The number of nitrogens with one attached hydrogen (secondary N) is 2. The van der Waals surface area contributed by atoms with Crippen molar-refractivity contribution in [3.63, 3.8) is 0 Å². The zero-order valence-corrected chi connectivity index (χ0v) is 21.4. The number of aromatic nitrogens is 5. The van der Waals surface area contributed by atoms with Crippen LogP contribution in [0.25, 0.3) is 22.3 Å². The molecule has 0 aliphatic heterocycles. The average Bonchev–Trinajstić information content (AvgIpc) is 3.44. The van der Waals surface area contributed by atoms with E-state index >= 15 is 0 Å². The van der Waals surface area contributed by atoms with Gasteiger partial charge in [0, 0.05) is 37.3 Å². The Morgan fingerprint density at radius 2 is 1.81 bits per heavy atom. The molecule has 8 nitrogen and oxygen atoms in total. The third-order valence-corrected chi connectivity index (χ3v) is 6.63. The molecule has 0 fully saturated rings. The Kier molecular flexibility index (Phi) is 8.58. The maximum absolute atomic E-state index is 9.06. The topological polar surface area (TPSA) is 106 Å². The number of rotatable bonds is 12. The molecule has 0 saturated heterocycles. The Bertz CT molecular complexity index is 1300. The molecule has 3 heterocycles. The van der Waals surface area contributed by atoms with Crippen LogP contribution in [0, 0.1) is 18.3 Å². The number of fused-ring (bicyclic) bond motifs is 1. The van der Waals surface area contributed by atoms with Gasteiger partial charge in [-0.05, 0) is 79.7 Å². The van der Waals surface area contributed by atoms with Crippen LogP contribution in [-0.2, 0) is 19.3 Å². The Labute approximate surface area is 212 Å². The Morgan fingerprint density at radius 3 is 2.50 bits per heavy atom. The van der Waals surface area contributed by atoms with Crippen molar-refractivity contribution in [1.29, 1.82) is 5.26 Å². The Hall–Kier alpha value is -3.83. The van der Waals surface area contributed by atoms with E-state index in [1.165, 1.54) is 11.1 Å². The normalized spacial score (nSPS) is 11.2. The number of imidazole rings is 1. The second kappa shape index (κ2) is 12.2. The third kappa shape index (κ3) is 6.23. The van der Waals surface area contributed by atoms with Gasteiger partial charge in [0.2, 0.25) is 5.95 Å². The van der Waals surface area contributed by atoms with Gasteiger partial charge in [0.1, 0.15) is 0 Å². The van der Waals surface area contributed by atoms with Crippen molar-refractivity contribution in [3.05, 3.63) is 65.4 Å².